The highest BCUT2D eigenvalue weighted by atomic mass is 32.2. The van der Waals surface area contributed by atoms with Gasteiger partial charge >= 0.3 is 0 Å². The number of nitrogen functional groups attached to an aromatic ring is 1. The molecule has 4 rings (SSSR count). The predicted molar refractivity (Wildman–Crippen MR) is 127 cm³/mol. The van der Waals surface area contributed by atoms with Crippen molar-refractivity contribution < 1.29 is 14.3 Å². The molecule has 10 heteroatoms. The second-order valence-corrected chi connectivity index (χ2v) is 8.99. The van der Waals surface area contributed by atoms with E-state index in [4.69, 9.17) is 20.3 Å². The van der Waals surface area contributed by atoms with Gasteiger partial charge in [-0.15, -0.1) is 11.3 Å². The van der Waals surface area contributed by atoms with Crippen LogP contribution in [0, 0.1) is 6.92 Å². The summed E-state index contributed by atoms with van der Waals surface area (Å²) in [5.74, 6) is 1.64. The van der Waals surface area contributed by atoms with E-state index in [-0.39, 0.29) is 17.7 Å². The number of thiophene rings is 1. The number of amides is 1. The molecule has 3 aromatic rings. The summed E-state index contributed by atoms with van der Waals surface area (Å²) < 4.78 is 10.8. The number of nitrogens with zero attached hydrogens (tertiary/aromatic N) is 4. The molecule has 1 amide bonds. The minimum Gasteiger partial charge on any atom is -0.493 e. The molecule has 1 aliphatic rings. The normalized spacial score (nSPS) is 15.5. The van der Waals surface area contributed by atoms with Crippen molar-refractivity contribution in [2.45, 2.75) is 24.5 Å². The quantitative estimate of drug-likeness (QED) is 0.413. The van der Waals surface area contributed by atoms with Crippen LogP contribution in [0.3, 0.4) is 0 Å². The Balaban J connectivity index is 1.60. The summed E-state index contributed by atoms with van der Waals surface area (Å²) in [6.07, 6.45) is 0.611. The van der Waals surface area contributed by atoms with Gasteiger partial charge in [0.15, 0.2) is 16.7 Å². The summed E-state index contributed by atoms with van der Waals surface area (Å²) in [5.41, 5.74) is 8.37. The first-order valence-corrected chi connectivity index (χ1v) is 11.7. The molecule has 1 atom stereocenters. The molecular formula is C22H23N5O3S2. The molecule has 32 heavy (non-hydrogen) atoms. The zero-order chi connectivity index (χ0) is 22.7. The largest absolute Gasteiger partial charge is 0.493 e. The number of nitrogens with two attached hydrogens (primary N) is 1. The third kappa shape index (κ3) is 4.71. The van der Waals surface area contributed by atoms with Crippen LogP contribution in [0.4, 0.5) is 5.82 Å². The number of anilines is 1. The lowest BCUT2D eigenvalue weighted by molar-refractivity contribution is -0.130. The molecular weight excluding hydrogens is 446 g/mol. The van der Waals surface area contributed by atoms with E-state index in [1.165, 1.54) is 11.8 Å². The number of hydrogen-bond acceptors (Lipinski definition) is 9. The molecule has 2 aromatic heterocycles. The van der Waals surface area contributed by atoms with Crippen molar-refractivity contribution in [1.29, 1.82) is 0 Å². The molecule has 1 unspecified atom stereocenters. The molecule has 0 bridgehead atoms. The molecule has 0 saturated carbocycles. The second kappa shape index (κ2) is 9.58. The van der Waals surface area contributed by atoms with E-state index >= 15 is 0 Å². The molecule has 0 aliphatic carbocycles. The number of hydrazone groups is 1. The average Bonchev–Trinajstić information content (AvgIpc) is 3.46. The Morgan fingerprint density at radius 1 is 1.22 bits per heavy atom. The molecule has 1 aliphatic heterocycles. The summed E-state index contributed by atoms with van der Waals surface area (Å²) in [6, 6.07) is 11.1. The SMILES string of the molecule is COc1ccc(C2CC(c3cccs3)=NN2C(=O)CSc2nc(C)cc(N)n2)cc1OC. The highest BCUT2D eigenvalue weighted by Crippen LogP contribution is 2.38. The van der Waals surface area contributed by atoms with Crippen molar-refractivity contribution in [1.82, 2.24) is 15.0 Å². The minimum atomic E-state index is -0.247. The number of aryl methyl sites for hydroxylation is 1. The maximum absolute atomic E-state index is 13.2. The smallest absolute Gasteiger partial charge is 0.253 e. The second-order valence-electron chi connectivity index (χ2n) is 7.10. The van der Waals surface area contributed by atoms with Crippen LogP contribution in [0.15, 0.2) is 52.0 Å². The molecule has 8 nitrogen and oxygen atoms in total. The van der Waals surface area contributed by atoms with Gasteiger partial charge in [0.1, 0.15) is 5.82 Å². The zero-order valence-corrected chi connectivity index (χ0v) is 19.6. The molecule has 1 aromatic carbocycles. The monoisotopic (exact) mass is 469 g/mol. The predicted octanol–water partition coefficient (Wildman–Crippen LogP) is 3.92. The first-order chi connectivity index (χ1) is 15.5. The third-order valence-corrected chi connectivity index (χ3v) is 6.69. The Labute approximate surface area is 194 Å². The molecule has 0 radical (unpaired) electrons. The lowest BCUT2D eigenvalue weighted by Gasteiger charge is -2.22. The van der Waals surface area contributed by atoms with Gasteiger partial charge in [0.25, 0.3) is 5.91 Å². The van der Waals surface area contributed by atoms with E-state index in [1.807, 2.05) is 42.6 Å². The van der Waals surface area contributed by atoms with Crippen LogP contribution in [0.5, 0.6) is 11.5 Å². The van der Waals surface area contributed by atoms with Crippen molar-refractivity contribution in [3.8, 4) is 11.5 Å². The fraction of sp³-hybridized carbons (Fsp3) is 0.273. The molecule has 3 heterocycles. The number of carbonyl (C=O) groups excluding carboxylic acids is 1. The van der Waals surface area contributed by atoms with Gasteiger partial charge in [-0.1, -0.05) is 23.9 Å². The van der Waals surface area contributed by atoms with Gasteiger partial charge in [0.05, 0.1) is 36.6 Å². The fourth-order valence-electron chi connectivity index (χ4n) is 3.47. The van der Waals surface area contributed by atoms with E-state index < -0.39 is 0 Å². The Kier molecular flexibility index (Phi) is 6.61. The molecule has 0 saturated heterocycles. The van der Waals surface area contributed by atoms with Gasteiger partial charge in [0, 0.05) is 18.2 Å². The first-order valence-electron chi connectivity index (χ1n) is 9.87. The van der Waals surface area contributed by atoms with Crippen molar-refractivity contribution >= 4 is 40.5 Å². The fourth-order valence-corrected chi connectivity index (χ4v) is 4.96. The Morgan fingerprint density at radius 2 is 2.03 bits per heavy atom. The van der Waals surface area contributed by atoms with Crippen LogP contribution >= 0.6 is 23.1 Å². The lowest BCUT2D eigenvalue weighted by atomic mass is 10.0. The first kappa shape index (κ1) is 22.1. The number of ether oxygens (including phenoxy) is 2. The van der Waals surface area contributed by atoms with E-state index in [0.717, 1.165) is 21.8 Å². The molecule has 0 spiro atoms. The Hall–Kier alpha value is -3.11. The average molecular weight is 470 g/mol. The minimum absolute atomic E-state index is 0.134. The van der Waals surface area contributed by atoms with E-state index in [9.17, 15) is 4.79 Å². The van der Waals surface area contributed by atoms with Gasteiger partial charge in [0.2, 0.25) is 0 Å². The van der Waals surface area contributed by atoms with E-state index in [1.54, 1.807) is 36.6 Å². The highest BCUT2D eigenvalue weighted by molar-refractivity contribution is 7.99. The number of hydrogen-bond donors (Lipinski definition) is 1. The van der Waals surface area contributed by atoms with Crippen LogP contribution in [0.25, 0.3) is 0 Å². The number of rotatable bonds is 7. The number of carbonyl (C=O) groups is 1. The van der Waals surface area contributed by atoms with Gasteiger partial charge in [-0.25, -0.2) is 15.0 Å². The van der Waals surface area contributed by atoms with Gasteiger partial charge in [-0.05, 0) is 36.1 Å². The molecule has 2 N–H and O–H groups in total. The number of thioether (sulfide) groups is 1. The lowest BCUT2D eigenvalue weighted by Crippen LogP contribution is -2.28. The van der Waals surface area contributed by atoms with Crippen LogP contribution in [-0.4, -0.2) is 46.6 Å². The number of benzene rings is 1. The summed E-state index contributed by atoms with van der Waals surface area (Å²) in [6.45, 7) is 1.84. The van der Waals surface area contributed by atoms with Crippen molar-refractivity contribution in [3.63, 3.8) is 0 Å². The number of methoxy groups -OCH3 is 2. The zero-order valence-electron chi connectivity index (χ0n) is 17.9. The van der Waals surface area contributed by atoms with Crippen LogP contribution in [-0.2, 0) is 4.79 Å². The topological polar surface area (TPSA) is 103 Å². The highest BCUT2D eigenvalue weighted by Gasteiger charge is 2.34. The maximum atomic E-state index is 13.2. The van der Waals surface area contributed by atoms with E-state index in [0.29, 0.717) is 28.9 Å². The Morgan fingerprint density at radius 3 is 2.72 bits per heavy atom. The van der Waals surface area contributed by atoms with Crippen molar-refractivity contribution in [2.24, 2.45) is 5.10 Å². The summed E-state index contributed by atoms with van der Waals surface area (Å²) >= 11 is 2.85. The number of aromatic nitrogens is 2. The summed E-state index contributed by atoms with van der Waals surface area (Å²) in [7, 11) is 3.19. The van der Waals surface area contributed by atoms with Crippen molar-refractivity contribution in [2.75, 3.05) is 25.7 Å². The van der Waals surface area contributed by atoms with Crippen LogP contribution < -0.4 is 15.2 Å². The van der Waals surface area contributed by atoms with Gasteiger partial charge in [-0.3, -0.25) is 4.79 Å². The van der Waals surface area contributed by atoms with E-state index in [2.05, 4.69) is 9.97 Å². The maximum Gasteiger partial charge on any atom is 0.253 e. The molecule has 0 fully saturated rings. The van der Waals surface area contributed by atoms with Crippen LogP contribution in [0.2, 0.25) is 0 Å². The third-order valence-electron chi connectivity index (χ3n) is 4.94. The summed E-state index contributed by atoms with van der Waals surface area (Å²) in [4.78, 5) is 22.8. The van der Waals surface area contributed by atoms with Crippen LogP contribution in [0.1, 0.15) is 28.6 Å². The Bertz CT molecular complexity index is 1130. The van der Waals surface area contributed by atoms with Gasteiger partial charge in [-0.2, -0.15) is 5.10 Å². The standard InChI is InChI=1S/C22H23N5O3S2/c1-13-9-20(23)25-22(24-13)32-12-21(28)27-16(11-15(26-27)19-5-4-8-31-19)14-6-7-17(29-2)18(10-14)30-3/h4-10,16H,11-12H2,1-3H3,(H2,23,24,25). The molecule has 166 valence electrons. The van der Waals surface area contributed by atoms with Gasteiger partial charge < -0.3 is 15.2 Å². The summed E-state index contributed by atoms with van der Waals surface area (Å²) in [5, 5.41) is 8.73. The van der Waals surface area contributed by atoms with Crippen molar-refractivity contribution in [3.05, 3.63) is 57.9 Å².